The molecule has 0 aliphatic rings. The summed E-state index contributed by atoms with van der Waals surface area (Å²) in [6.45, 7) is 3.87. The van der Waals surface area contributed by atoms with Gasteiger partial charge < -0.3 is 9.73 Å². The third kappa shape index (κ3) is 2.97. The molecule has 9 heteroatoms. The van der Waals surface area contributed by atoms with Gasteiger partial charge >= 0.3 is 0 Å². The first-order valence-electron chi connectivity index (χ1n) is 8.62. The van der Waals surface area contributed by atoms with E-state index < -0.39 is 0 Å². The van der Waals surface area contributed by atoms with Crippen molar-refractivity contribution in [3.05, 3.63) is 58.2 Å². The molecule has 0 unspecified atom stereocenters. The molecule has 0 radical (unpaired) electrons. The number of pyridine rings is 1. The molecule has 0 spiro atoms. The fraction of sp³-hybridized carbons (Fsp3) is 0.278. The van der Waals surface area contributed by atoms with E-state index in [2.05, 4.69) is 20.5 Å². The van der Waals surface area contributed by atoms with Crippen LogP contribution in [-0.2, 0) is 24.3 Å². The summed E-state index contributed by atoms with van der Waals surface area (Å²) in [7, 11) is 0. The van der Waals surface area contributed by atoms with E-state index in [1.165, 1.54) is 4.57 Å². The normalized spacial score (nSPS) is 11.3. The van der Waals surface area contributed by atoms with Gasteiger partial charge in [0.1, 0.15) is 23.9 Å². The quantitative estimate of drug-likeness (QED) is 0.569. The molecular formula is C18H18N6O3. The highest BCUT2D eigenvalue weighted by atomic mass is 16.3. The Morgan fingerprint density at radius 1 is 1.22 bits per heavy atom. The minimum Gasteiger partial charge on any atom is -0.465 e. The second-order valence-corrected chi connectivity index (χ2v) is 6.16. The molecule has 0 saturated carbocycles. The summed E-state index contributed by atoms with van der Waals surface area (Å²) in [5.74, 6) is 1.77. The first-order chi connectivity index (χ1) is 13.1. The van der Waals surface area contributed by atoms with E-state index in [4.69, 9.17) is 4.42 Å². The van der Waals surface area contributed by atoms with E-state index in [1.807, 2.05) is 19.9 Å². The molecule has 1 amide bonds. The monoisotopic (exact) mass is 366 g/mol. The lowest BCUT2D eigenvalue weighted by molar-refractivity contribution is -0.121. The Bertz CT molecular complexity index is 1200. The van der Waals surface area contributed by atoms with Crippen LogP contribution in [0.2, 0.25) is 0 Å². The van der Waals surface area contributed by atoms with Gasteiger partial charge in [-0.05, 0) is 31.2 Å². The van der Waals surface area contributed by atoms with Gasteiger partial charge in [0.2, 0.25) is 11.6 Å². The number of amides is 1. The maximum Gasteiger partial charge on any atom is 0.297 e. The Hall–Kier alpha value is -3.49. The zero-order chi connectivity index (χ0) is 19.0. The molecule has 1 N–H and O–H groups in total. The van der Waals surface area contributed by atoms with Gasteiger partial charge in [-0.15, -0.1) is 10.2 Å². The molecule has 4 rings (SSSR count). The lowest BCUT2D eigenvalue weighted by Gasteiger charge is -2.11. The van der Waals surface area contributed by atoms with Crippen LogP contribution in [0.4, 0.5) is 0 Å². The van der Waals surface area contributed by atoms with Crippen molar-refractivity contribution in [1.29, 1.82) is 0 Å². The molecule has 138 valence electrons. The fourth-order valence-electron chi connectivity index (χ4n) is 3.03. The molecule has 4 aromatic rings. The van der Waals surface area contributed by atoms with Gasteiger partial charge in [-0.3, -0.25) is 18.6 Å². The fourth-order valence-corrected chi connectivity index (χ4v) is 3.03. The summed E-state index contributed by atoms with van der Waals surface area (Å²) in [5, 5.41) is 10.8. The predicted octanol–water partition coefficient (Wildman–Crippen LogP) is 1.22. The highest BCUT2D eigenvalue weighted by molar-refractivity contribution is 5.80. The third-order valence-corrected chi connectivity index (χ3v) is 4.31. The van der Waals surface area contributed by atoms with Crippen molar-refractivity contribution in [1.82, 2.24) is 29.5 Å². The second-order valence-electron chi connectivity index (χ2n) is 6.16. The van der Waals surface area contributed by atoms with E-state index in [9.17, 15) is 9.59 Å². The number of aromatic nitrogens is 5. The Kier molecular flexibility index (Phi) is 4.19. The van der Waals surface area contributed by atoms with Gasteiger partial charge in [0, 0.05) is 12.6 Å². The number of carbonyl (C=O) groups excluding carboxylic acids is 1. The summed E-state index contributed by atoms with van der Waals surface area (Å²) >= 11 is 0. The lowest BCUT2D eigenvalue weighted by Crippen LogP contribution is -2.33. The molecule has 0 aliphatic carbocycles. The van der Waals surface area contributed by atoms with Crippen molar-refractivity contribution in [2.45, 2.75) is 33.4 Å². The molecular weight excluding hydrogens is 348 g/mol. The van der Waals surface area contributed by atoms with E-state index in [1.54, 1.807) is 28.8 Å². The average molecular weight is 366 g/mol. The zero-order valence-electron chi connectivity index (χ0n) is 15.0. The zero-order valence-corrected chi connectivity index (χ0v) is 15.0. The van der Waals surface area contributed by atoms with Gasteiger partial charge in [-0.2, -0.15) is 0 Å². The Labute approximate surface area is 153 Å². The van der Waals surface area contributed by atoms with Crippen LogP contribution >= 0.6 is 0 Å². The number of nitrogens with zero attached hydrogens (tertiary/aromatic N) is 5. The highest BCUT2D eigenvalue weighted by Crippen LogP contribution is 2.13. The lowest BCUT2D eigenvalue weighted by atomic mass is 10.3. The summed E-state index contributed by atoms with van der Waals surface area (Å²) < 4.78 is 8.46. The van der Waals surface area contributed by atoms with Crippen LogP contribution in [0.5, 0.6) is 0 Å². The number of nitrogens with one attached hydrogen (secondary N) is 1. The molecule has 0 atom stereocenters. The summed E-state index contributed by atoms with van der Waals surface area (Å²) in [5.41, 5.74) is 0.871. The number of hydrogen-bond acceptors (Lipinski definition) is 6. The number of carbonyl (C=O) groups is 1. The molecule has 0 aliphatic heterocycles. The van der Waals surface area contributed by atoms with Crippen LogP contribution in [0.3, 0.4) is 0 Å². The van der Waals surface area contributed by atoms with Crippen LogP contribution in [0.25, 0.3) is 16.8 Å². The maximum absolute atomic E-state index is 12.9. The van der Waals surface area contributed by atoms with Crippen LogP contribution < -0.4 is 10.9 Å². The van der Waals surface area contributed by atoms with Crippen LogP contribution in [0.15, 0.2) is 39.7 Å². The van der Waals surface area contributed by atoms with Crippen LogP contribution in [0, 0.1) is 6.92 Å². The van der Waals surface area contributed by atoms with Crippen molar-refractivity contribution < 1.29 is 9.21 Å². The first-order valence-corrected chi connectivity index (χ1v) is 8.62. The molecule has 4 heterocycles. The first kappa shape index (κ1) is 17.0. The summed E-state index contributed by atoms with van der Waals surface area (Å²) in [6, 6.07) is 7.11. The van der Waals surface area contributed by atoms with Crippen molar-refractivity contribution in [2.75, 3.05) is 0 Å². The highest BCUT2D eigenvalue weighted by Gasteiger charge is 2.18. The minimum atomic E-state index is -0.383. The molecule has 0 saturated heterocycles. The molecule has 9 nitrogen and oxygen atoms in total. The molecule has 0 fully saturated rings. The molecule has 0 bridgehead atoms. The summed E-state index contributed by atoms with van der Waals surface area (Å²) in [6.07, 6.45) is 2.24. The van der Waals surface area contributed by atoms with Gasteiger partial charge in [-0.25, -0.2) is 4.98 Å². The number of furan rings is 1. The summed E-state index contributed by atoms with van der Waals surface area (Å²) in [4.78, 5) is 29.7. The van der Waals surface area contributed by atoms with Crippen molar-refractivity contribution in [3.63, 3.8) is 0 Å². The topological polar surface area (TPSA) is 107 Å². The molecule has 4 aromatic heterocycles. The average Bonchev–Trinajstić information content (AvgIpc) is 3.29. The maximum atomic E-state index is 12.9. The van der Waals surface area contributed by atoms with Gasteiger partial charge in [-0.1, -0.05) is 6.92 Å². The van der Waals surface area contributed by atoms with Crippen molar-refractivity contribution in [3.8, 4) is 0 Å². The van der Waals surface area contributed by atoms with Crippen LogP contribution in [-0.4, -0.2) is 30.1 Å². The Balaban J connectivity index is 1.71. The SMILES string of the molecule is CCc1nnc2c(=O)n(CC(=O)NCc3ccc(C)o3)c3cccnc3n12. The Morgan fingerprint density at radius 3 is 2.81 bits per heavy atom. The third-order valence-electron chi connectivity index (χ3n) is 4.31. The van der Waals surface area contributed by atoms with Gasteiger partial charge in [0.15, 0.2) is 5.65 Å². The standard InChI is InChI=1S/C18H18N6O3/c1-3-14-21-22-17-18(26)23(13-5-4-8-19-16(13)24(14)17)10-15(25)20-9-12-7-6-11(2)27-12/h4-8H,3,9-10H2,1-2H3,(H,20,25). The van der Waals surface area contributed by atoms with Crippen LogP contribution in [0.1, 0.15) is 24.3 Å². The number of fused-ring (bicyclic) bond motifs is 3. The van der Waals surface area contributed by atoms with E-state index in [0.717, 1.165) is 5.76 Å². The minimum absolute atomic E-state index is 0.147. The number of rotatable bonds is 5. The number of hydrogen-bond donors (Lipinski definition) is 1. The predicted molar refractivity (Wildman–Crippen MR) is 97.2 cm³/mol. The smallest absolute Gasteiger partial charge is 0.297 e. The van der Waals surface area contributed by atoms with Crippen molar-refractivity contribution >= 4 is 22.7 Å². The van der Waals surface area contributed by atoms with Gasteiger partial charge in [0.05, 0.1) is 12.1 Å². The van der Waals surface area contributed by atoms with E-state index in [0.29, 0.717) is 29.2 Å². The second kappa shape index (κ2) is 6.67. The Morgan fingerprint density at radius 2 is 2.07 bits per heavy atom. The number of aryl methyl sites for hydroxylation is 2. The largest absolute Gasteiger partial charge is 0.465 e. The van der Waals surface area contributed by atoms with E-state index in [-0.39, 0.29) is 30.2 Å². The van der Waals surface area contributed by atoms with Gasteiger partial charge in [0.25, 0.3) is 5.56 Å². The molecule has 27 heavy (non-hydrogen) atoms. The molecule has 0 aromatic carbocycles. The van der Waals surface area contributed by atoms with E-state index >= 15 is 0 Å². The van der Waals surface area contributed by atoms with Crippen molar-refractivity contribution in [2.24, 2.45) is 0 Å².